The maximum Gasteiger partial charge on any atom is 0.103 e. The molecule has 3 rings (SSSR count). The molecule has 3 heteroatoms. The van der Waals surface area contributed by atoms with Crippen molar-refractivity contribution in [2.45, 2.75) is 19.8 Å². The van der Waals surface area contributed by atoms with Crippen LogP contribution in [0, 0.1) is 18.3 Å². The highest BCUT2D eigenvalue weighted by atomic mass is 79.9. The molecule has 20 heavy (non-hydrogen) atoms. The van der Waals surface area contributed by atoms with Crippen molar-refractivity contribution in [3.05, 3.63) is 57.6 Å². The lowest BCUT2D eigenvalue weighted by atomic mass is 9.98. The molecule has 0 saturated carbocycles. The Labute approximate surface area is 127 Å². The summed E-state index contributed by atoms with van der Waals surface area (Å²) in [5.41, 5.74) is 5.60. The van der Waals surface area contributed by atoms with Crippen LogP contribution in [0.5, 0.6) is 0 Å². The number of nitrogens with zero attached hydrogens (tertiary/aromatic N) is 2. The Hall–Kier alpha value is -1.79. The van der Waals surface area contributed by atoms with Crippen molar-refractivity contribution in [3.63, 3.8) is 0 Å². The number of anilines is 2. The summed E-state index contributed by atoms with van der Waals surface area (Å²) in [5, 5.41) is 9.42. The minimum atomic E-state index is 0.709. The molecule has 0 atom stereocenters. The van der Waals surface area contributed by atoms with Crippen molar-refractivity contribution < 1.29 is 0 Å². The van der Waals surface area contributed by atoms with Crippen molar-refractivity contribution in [1.82, 2.24) is 0 Å². The first-order valence-electron chi connectivity index (χ1n) is 6.76. The molecule has 2 aromatic rings. The van der Waals surface area contributed by atoms with Gasteiger partial charge in [-0.2, -0.15) is 5.26 Å². The van der Waals surface area contributed by atoms with Gasteiger partial charge in [-0.3, -0.25) is 0 Å². The number of nitriles is 1. The Morgan fingerprint density at radius 3 is 2.85 bits per heavy atom. The third kappa shape index (κ3) is 2.21. The lowest BCUT2D eigenvalue weighted by Crippen LogP contribution is -2.25. The van der Waals surface area contributed by atoms with Crippen LogP contribution in [0.15, 0.2) is 40.9 Å². The van der Waals surface area contributed by atoms with Crippen molar-refractivity contribution in [2.75, 3.05) is 11.4 Å². The molecule has 0 amide bonds. The van der Waals surface area contributed by atoms with Crippen LogP contribution in [-0.2, 0) is 6.42 Å². The fraction of sp³-hybridized carbons (Fsp3) is 0.235. The SMILES string of the molecule is Cc1ccc2c(c1)CCCN2c1cccc(Br)c1C#N. The third-order valence-electron chi connectivity index (χ3n) is 3.75. The van der Waals surface area contributed by atoms with E-state index >= 15 is 0 Å². The maximum atomic E-state index is 9.42. The number of aryl methyl sites for hydroxylation is 2. The number of halogens is 1. The Morgan fingerprint density at radius 1 is 1.20 bits per heavy atom. The molecule has 1 aliphatic heterocycles. The third-order valence-corrected chi connectivity index (χ3v) is 4.41. The van der Waals surface area contributed by atoms with Crippen LogP contribution in [-0.4, -0.2) is 6.54 Å². The van der Waals surface area contributed by atoms with Gasteiger partial charge in [-0.1, -0.05) is 23.8 Å². The fourth-order valence-corrected chi connectivity index (χ4v) is 3.27. The molecule has 0 fully saturated rings. The van der Waals surface area contributed by atoms with Crippen molar-refractivity contribution in [2.24, 2.45) is 0 Å². The molecule has 0 radical (unpaired) electrons. The maximum absolute atomic E-state index is 9.42. The van der Waals surface area contributed by atoms with Gasteiger partial charge in [-0.15, -0.1) is 0 Å². The summed E-state index contributed by atoms with van der Waals surface area (Å²) in [5.74, 6) is 0. The van der Waals surface area contributed by atoms with E-state index in [0.717, 1.165) is 29.5 Å². The number of hydrogen-bond donors (Lipinski definition) is 0. The van der Waals surface area contributed by atoms with Crippen molar-refractivity contribution >= 4 is 27.3 Å². The molecule has 1 heterocycles. The van der Waals surface area contributed by atoms with Gasteiger partial charge in [-0.05, 0) is 59.5 Å². The van der Waals surface area contributed by atoms with E-state index in [1.807, 2.05) is 18.2 Å². The average Bonchev–Trinajstić information content (AvgIpc) is 2.46. The van der Waals surface area contributed by atoms with Gasteiger partial charge in [0.25, 0.3) is 0 Å². The van der Waals surface area contributed by atoms with Gasteiger partial charge in [0.05, 0.1) is 11.3 Å². The van der Waals surface area contributed by atoms with Crippen LogP contribution in [0.4, 0.5) is 11.4 Å². The standard InChI is InChI=1S/C17H15BrN2/c1-12-7-8-16-13(10-12)4-3-9-20(16)17-6-2-5-15(18)14(17)11-19/h2,5-8,10H,3-4,9H2,1H3. The minimum absolute atomic E-state index is 0.709. The van der Waals surface area contributed by atoms with Gasteiger partial charge in [0.2, 0.25) is 0 Å². The summed E-state index contributed by atoms with van der Waals surface area (Å²) in [4.78, 5) is 2.27. The van der Waals surface area contributed by atoms with E-state index in [0.29, 0.717) is 5.56 Å². The van der Waals surface area contributed by atoms with Gasteiger partial charge >= 0.3 is 0 Å². The van der Waals surface area contributed by atoms with Crippen LogP contribution < -0.4 is 4.90 Å². The number of hydrogen-bond acceptors (Lipinski definition) is 2. The molecule has 1 aliphatic rings. The monoisotopic (exact) mass is 326 g/mol. The van der Waals surface area contributed by atoms with Crippen LogP contribution in [0.25, 0.3) is 0 Å². The fourth-order valence-electron chi connectivity index (χ4n) is 2.82. The first-order chi connectivity index (χ1) is 9.70. The molecule has 0 spiro atoms. The lowest BCUT2D eigenvalue weighted by Gasteiger charge is -2.32. The van der Waals surface area contributed by atoms with E-state index in [9.17, 15) is 5.26 Å². The number of fused-ring (bicyclic) bond motifs is 1. The molecule has 0 aliphatic carbocycles. The second-order valence-corrected chi connectivity index (χ2v) is 5.99. The highest BCUT2D eigenvalue weighted by molar-refractivity contribution is 9.10. The largest absolute Gasteiger partial charge is 0.340 e. The highest BCUT2D eigenvalue weighted by Gasteiger charge is 2.21. The topological polar surface area (TPSA) is 27.0 Å². The Balaban J connectivity index is 2.15. The van der Waals surface area contributed by atoms with E-state index < -0.39 is 0 Å². The van der Waals surface area contributed by atoms with Gasteiger partial charge in [0.1, 0.15) is 6.07 Å². The molecular formula is C17H15BrN2. The molecule has 2 nitrogen and oxygen atoms in total. The van der Waals surface area contributed by atoms with Crippen LogP contribution in [0.2, 0.25) is 0 Å². The summed E-state index contributed by atoms with van der Waals surface area (Å²) >= 11 is 3.48. The Bertz CT molecular complexity index is 701. The number of rotatable bonds is 1. The predicted molar refractivity (Wildman–Crippen MR) is 85.4 cm³/mol. The number of benzene rings is 2. The smallest absolute Gasteiger partial charge is 0.103 e. The normalized spacial score (nSPS) is 13.8. The second kappa shape index (κ2) is 5.30. The van der Waals surface area contributed by atoms with Gasteiger partial charge < -0.3 is 4.90 Å². The zero-order valence-electron chi connectivity index (χ0n) is 11.4. The highest BCUT2D eigenvalue weighted by Crippen LogP contribution is 2.37. The molecule has 0 N–H and O–H groups in total. The van der Waals surface area contributed by atoms with E-state index in [1.54, 1.807) is 0 Å². The van der Waals surface area contributed by atoms with Crippen LogP contribution in [0.3, 0.4) is 0 Å². The van der Waals surface area contributed by atoms with E-state index in [-0.39, 0.29) is 0 Å². The van der Waals surface area contributed by atoms with Gasteiger partial charge in [0, 0.05) is 16.7 Å². The molecule has 2 aromatic carbocycles. The average molecular weight is 327 g/mol. The second-order valence-electron chi connectivity index (χ2n) is 5.13. The molecule has 0 bridgehead atoms. The van der Waals surface area contributed by atoms with E-state index in [1.165, 1.54) is 16.8 Å². The summed E-state index contributed by atoms with van der Waals surface area (Å²) in [6.07, 6.45) is 2.23. The quantitative estimate of drug-likeness (QED) is 0.758. The summed E-state index contributed by atoms with van der Waals surface area (Å²) in [6.45, 7) is 3.08. The Kier molecular flexibility index (Phi) is 3.50. The van der Waals surface area contributed by atoms with E-state index in [4.69, 9.17) is 0 Å². The van der Waals surface area contributed by atoms with Gasteiger partial charge in [-0.25, -0.2) is 0 Å². The summed E-state index contributed by atoms with van der Waals surface area (Å²) in [7, 11) is 0. The molecule has 100 valence electrons. The molecule has 0 saturated heterocycles. The minimum Gasteiger partial charge on any atom is -0.340 e. The van der Waals surface area contributed by atoms with Crippen LogP contribution >= 0.6 is 15.9 Å². The predicted octanol–water partition coefficient (Wildman–Crippen LogP) is 4.71. The van der Waals surface area contributed by atoms with E-state index in [2.05, 4.69) is 52.0 Å². The van der Waals surface area contributed by atoms with Crippen LogP contribution in [0.1, 0.15) is 23.1 Å². The Morgan fingerprint density at radius 2 is 2.05 bits per heavy atom. The summed E-state index contributed by atoms with van der Waals surface area (Å²) < 4.78 is 0.858. The molecular weight excluding hydrogens is 312 g/mol. The molecule has 0 unspecified atom stereocenters. The zero-order valence-corrected chi connectivity index (χ0v) is 12.9. The van der Waals surface area contributed by atoms with Gasteiger partial charge in [0.15, 0.2) is 0 Å². The van der Waals surface area contributed by atoms with Crippen molar-refractivity contribution in [1.29, 1.82) is 5.26 Å². The zero-order chi connectivity index (χ0) is 14.1. The summed E-state index contributed by atoms with van der Waals surface area (Å²) in [6, 6.07) is 14.8. The lowest BCUT2D eigenvalue weighted by molar-refractivity contribution is 0.765. The van der Waals surface area contributed by atoms with Crippen molar-refractivity contribution in [3.8, 4) is 6.07 Å². The molecule has 0 aromatic heterocycles. The first-order valence-corrected chi connectivity index (χ1v) is 7.55. The first kappa shape index (κ1) is 13.2.